The minimum absolute atomic E-state index is 0.0603. The van der Waals surface area contributed by atoms with Crippen LogP contribution in [0.15, 0.2) is 62.6 Å². The van der Waals surface area contributed by atoms with Gasteiger partial charge in [0.2, 0.25) is 0 Å². The van der Waals surface area contributed by atoms with Crippen molar-refractivity contribution in [2.24, 2.45) is 0 Å². The molecule has 3 rings (SSSR count). The number of anilines is 1. The van der Waals surface area contributed by atoms with Gasteiger partial charge >= 0.3 is 11.8 Å². The van der Waals surface area contributed by atoms with Crippen LogP contribution in [0.5, 0.6) is 0 Å². The van der Waals surface area contributed by atoms with Crippen LogP contribution in [-0.4, -0.2) is 8.42 Å². The number of rotatable bonds is 3. The second kappa shape index (κ2) is 6.33. The maximum absolute atomic E-state index is 13.0. The van der Waals surface area contributed by atoms with Gasteiger partial charge in [-0.2, -0.15) is 13.2 Å². The van der Waals surface area contributed by atoms with Crippen LogP contribution in [0.2, 0.25) is 5.02 Å². The normalized spacial score (nSPS) is 12.3. The van der Waals surface area contributed by atoms with E-state index < -0.39 is 27.4 Å². The Morgan fingerprint density at radius 2 is 1.65 bits per heavy atom. The molecule has 0 atom stereocenters. The molecule has 0 spiro atoms. The zero-order chi connectivity index (χ0) is 19.1. The third kappa shape index (κ3) is 3.68. The molecule has 0 unspecified atom stereocenters. The van der Waals surface area contributed by atoms with E-state index in [9.17, 15) is 26.4 Å². The lowest BCUT2D eigenvalue weighted by Crippen LogP contribution is -2.13. The highest BCUT2D eigenvalue weighted by Crippen LogP contribution is 2.34. The topological polar surface area (TPSA) is 76.4 Å². The quantitative estimate of drug-likeness (QED) is 0.663. The molecule has 26 heavy (non-hydrogen) atoms. The Kier molecular flexibility index (Phi) is 4.45. The summed E-state index contributed by atoms with van der Waals surface area (Å²) < 4.78 is 70.7. The maximum atomic E-state index is 13.0. The zero-order valence-electron chi connectivity index (χ0n) is 12.7. The van der Waals surface area contributed by atoms with E-state index in [1.165, 1.54) is 24.3 Å². The average Bonchev–Trinajstić information content (AvgIpc) is 2.53. The first-order valence-electron chi connectivity index (χ1n) is 7.00. The van der Waals surface area contributed by atoms with Gasteiger partial charge in [-0.25, -0.2) is 13.2 Å². The molecule has 1 aromatic heterocycles. The number of alkyl halides is 3. The number of nitrogens with one attached hydrogen (secondary N) is 1. The van der Waals surface area contributed by atoms with E-state index in [0.29, 0.717) is 11.1 Å². The van der Waals surface area contributed by atoms with Crippen LogP contribution in [-0.2, 0) is 16.2 Å². The third-order valence-electron chi connectivity index (χ3n) is 3.43. The lowest BCUT2D eigenvalue weighted by atomic mass is 10.1. The first kappa shape index (κ1) is 18.3. The van der Waals surface area contributed by atoms with Gasteiger partial charge in [0.05, 0.1) is 16.1 Å². The van der Waals surface area contributed by atoms with Gasteiger partial charge in [0.1, 0.15) is 5.58 Å². The zero-order valence-corrected chi connectivity index (χ0v) is 14.2. The summed E-state index contributed by atoms with van der Waals surface area (Å²) in [6.07, 6.45) is -4.75. The number of hydrogen-bond acceptors (Lipinski definition) is 4. The molecule has 2 aromatic carbocycles. The summed E-state index contributed by atoms with van der Waals surface area (Å²) in [6.45, 7) is 0. The number of benzene rings is 2. The molecule has 0 saturated carbocycles. The summed E-state index contributed by atoms with van der Waals surface area (Å²) in [7, 11) is -4.00. The van der Waals surface area contributed by atoms with Gasteiger partial charge < -0.3 is 4.42 Å². The van der Waals surface area contributed by atoms with E-state index >= 15 is 0 Å². The molecule has 0 saturated heterocycles. The fourth-order valence-electron chi connectivity index (χ4n) is 2.29. The minimum atomic E-state index is -4.75. The van der Waals surface area contributed by atoms with Crippen LogP contribution in [0.3, 0.4) is 0 Å². The largest absolute Gasteiger partial charge is 0.423 e. The Balaban J connectivity index is 2.05. The Hall–Kier alpha value is -2.52. The molecule has 1 N–H and O–H groups in total. The van der Waals surface area contributed by atoms with Crippen LogP contribution in [0.25, 0.3) is 11.0 Å². The average molecular weight is 404 g/mol. The fourth-order valence-corrected chi connectivity index (χ4v) is 3.46. The molecular weight excluding hydrogens is 395 g/mol. The van der Waals surface area contributed by atoms with Crippen molar-refractivity contribution in [1.82, 2.24) is 0 Å². The Morgan fingerprint density at radius 1 is 1.00 bits per heavy atom. The fraction of sp³-hybridized carbons (Fsp3) is 0.0625. The molecule has 0 amide bonds. The van der Waals surface area contributed by atoms with Gasteiger partial charge in [0.15, 0.2) is 0 Å². The van der Waals surface area contributed by atoms with Crippen LogP contribution >= 0.6 is 11.6 Å². The summed E-state index contributed by atoms with van der Waals surface area (Å²) in [5.41, 5.74) is -2.80. The molecule has 0 aliphatic heterocycles. The molecule has 3 aromatic rings. The van der Waals surface area contributed by atoms with Crippen molar-refractivity contribution in [3.8, 4) is 0 Å². The monoisotopic (exact) mass is 403 g/mol. The van der Waals surface area contributed by atoms with Crippen molar-refractivity contribution in [2.75, 3.05) is 4.72 Å². The van der Waals surface area contributed by atoms with Crippen LogP contribution in [0, 0.1) is 0 Å². The first-order valence-corrected chi connectivity index (χ1v) is 8.86. The highest BCUT2D eigenvalue weighted by atomic mass is 35.5. The highest BCUT2D eigenvalue weighted by Gasteiger charge is 2.33. The second-order valence-electron chi connectivity index (χ2n) is 5.25. The van der Waals surface area contributed by atoms with Crippen molar-refractivity contribution in [3.05, 3.63) is 69.5 Å². The van der Waals surface area contributed by atoms with Gasteiger partial charge in [-0.3, -0.25) is 4.72 Å². The highest BCUT2D eigenvalue weighted by molar-refractivity contribution is 7.92. The van der Waals surface area contributed by atoms with Crippen molar-refractivity contribution in [2.45, 2.75) is 11.1 Å². The maximum Gasteiger partial charge on any atom is 0.417 e. The third-order valence-corrected chi connectivity index (χ3v) is 5.08. The SMILES string of the molecule is O=c1cc(C(F)(F)F)c2ccc(NS(=O)(=O)c3ccc(Cl)cc3)cc2o1. The molecule has 0 radical (unpaired) electrons. The smallest absolute Gasteiger partial charge is 0.417 e. The lowest BCUT2D eigenvalue weighted by molar-refractivity contribution is -0.136. The number of sulfonamides is 1. The van der Waals surface area contributed by atoms with Crippen molar-refractivity contribution in [1.29, 1.82) is 0 Å². The molecule has 0 aliphatic carbocycles. The Morgan fingerprint density at radius 3 is 2.27 bits per heavy atom. The molecule has 5 nitrogen and oxygen atoms in total. The minimum Gasteiger partial charge on any atom is -0.423 e. The predicted molar refractivity (Wildman–Crippen MR) is 89.7 cm³/mol. The van der Waals surface area contributed by atoms with Gasteiger partial charge in [0, 0.05) is 22.5 Å². The Labute approximate surface area is 150 Å². The van der Waals surface area contributed by atoms with E-state index in [1.54, 1.807) is 0 Å². The van der Waals surface area contributed by atoms with Gasteiger partial charge in [0.25, 0.3) is 10.0 Å². The van der Waals surface area contributed by atoms with E-state index in [-0.39, 0.29) is 21.6 Å². The summed E-state index contributed by atoms with van der Waals surface area (Å²) >= 11 is 5.70. The Bertz CT molecular complexity index is 1140. The molecule has 10 heteroatoms. The van der Waals surface area contributed by atoms with Crippen LogP contribution in [0.1, 0.15) is 5.56 Å². The van der Waals surface area contributed by atoms with E-state index in [4.69, 9.17) is 16.0 Å². The molecule has 0 bridgehead atoms. The van der Waals surface area contributed by atoms with Crippen LogP contribution < -0.4 is 10.3 Å². The van der Waals surface area contributed by atoms with E-state index in [0.717, 1.165) is 18.2 Å². The first-order chi connectivity index (χ1) is 12.1. The molecule has 0 aliphatic rings. The summed E-state index contributed by atoms with van der Waals surface area (Å²) in [5, 5.41) is -0.0114. The van der Waals surface area contributed by atoms with Gasteiger partial charge in [-0.1, -0.05) is 11.6 Å². The molecule has 1 heterocycles. The standard InChI is InChI=1S/C16H9ClF3NO4S/c17-9-1-4-11(5-2-9)26(23,24)21-10-3-6-12-13(16(18,19)20)8-15(22)25-14(12)7-10/h1-8,21H. The molecule has 136 valence electrons. The second-order valence-corrected chi connectivity index (χ2v) is 7.37. The number of fused-ring (bicyclic) bond motifs is 1. The van der Waals surface area contributed by atoms with E-state index in [1.807, 2.05) is 0 Å². The lowest BCUT2D eigenvalue weighted by Gasteiger charge is -2.11. The molecular formula is C16H9ClF3NO4S. The predicted octanol–water partition coefficient (Wildman–Crippen LogP) is 4.27. The summed E-state index contributed by atoms with van der Waals surface area (Å²) in [5.74, 6) is 0. The van der Waals surface area contributed by atoms with Crippen molar-refractivity contribution < 1.29 is 26.0 Å². The number of hydrogen-bond donors (Lipinski definition) is 1. The van der Waals surface area contributed by atoms with Gasteiger partial charge in [-0.05, 0) is 36.4 Å². The summed E-state index contributed by atoms with van der Waals surface area (Å²) in [6, 6.07) is 8.84. The van der Waals surface area contributed by atoms with Crippen molar-refractivity contribution in [3.63, 3.8) is 0 Å². The van der Waals surface area contributed by atoms with E-state index in [2.05, 4.69) is 4.72 Å². The summed E-state index contributed by atoms with van der Waals surface area (Å²) in [4.78, 5) is 11.3. The van der Waals surface area contributed by atoms with Crippen molar-refractivity contribution >= 4 is 38.3 Å². The molecule has 0 fully saturated rings. The van der Waals surface area contributed by atoms with Gasteiger partial charge in [-0.15, -0.1) is 0 Å². The van der Waals surface area contributed by atoms with Crippen LogP contribution in [0.4, 0.5) is 18.9 Å². The number of halogens is 4.